The lowest BCUT2D eigenvalue weighted by molar-refractivity contribution is -0.132. The average Bonchev–Trinajstić information content (AvgIpc) is 2.88. The molecule has 0 aliphatic carbocycles. The number of nitrogens with one attached hydrogen (secondary N) is 2. The third kappa shape index (κ3) is 4.78. The molecule has 2 heterocycles. The summed E-state index contributed by atoms with van der Waals surface area (Å²) in [5.41, 5.74) is 0. The Morgan fingerprint density at radius 1 is 1.38 bits per heavy atom. The van der Waals surface area contributed by atoms with E-state index in [9.17, 15) is 13.2 Å². The van der Waals surface area contributed by atoms with Gasteiger partial charge in [-0.25, -0.2) is 18.1 Å². The summed E-state index contributed by atoms with van der Waals surface area (Å²) >= 11 is 0. The molecule has 0 radical (unpaired) electrons. The van der Waals surface area contributed by atoms with Crippen LogP contribution in [0.2, 0.25) is 0 Å². The Hall–Kier alpha value is -1.45. The molecule has 1 aromatic heterocycles. The zero-order valence-corrected chi connectivity index (χ0v) is 15.4. The van der Waals surface area contributed by atoms with Crippen molar-refractivity contribution in [2.24, 2.45) is 13.0 Å². The molecule has 0 bridgehead atoms. The minimum Gasteiger partial charge on any atom is -0.343 e. The lowest BCUT2D eigenvalue weighted by Gasteiger charge is -2.32. The highest BCUT2D eigenvalue weighted by Gasteiger charge is 2.23. The number of aryl methyl sites for hydroxylation is 2. The van der Waals surface area contributed by atoms with Gasteiger partial charge < -0.3 is 14.8 Å². The molecule has 1 saturated heterocycles. The molecule has 0 atom stereocenters. The number of imidazole rings is 1. The van der Waals surface area contributed by atoms with Crippen LogP contribution in [0.3, 0.4) is 0 Å². The summed E-state index contributed by atoms with van der Waals surface area (Å²) in [5.74, 6) is 1.23. The number of hydrogen-bond acceptors (Lipinski definition) is 5. The van der Waals surface area contributed by atoms with Crippen molar-refractivity contribution in [1.29, 1.82) is 0 Å². The topological polar surface area (TPSA) is 96.3 Å². The van der Waals surface area contributed by atoms with Gasteiger partial charge in [-0.05, 0) is 39.3 Å². The highest BCUT2D eigenvalue weighted by Crippen LogP contribution is 2.17. The van der Waals surface area contributed by atoms with Crippen LogP contribution in [0, 0.1) is 12.8 Å². The van der Waals surface area contributed by atoms with Crippen LogP contribution in [0.4, 0.5) is 0 Å². The largest absolute Gasteiger partial charge is 0.343 e. The number of nitrogens with zero attached hydrogens (tertiary/aromatic N) is 3. The molecule has 136 valence electrons. The predicted octanol–water partition coefficient (Wildman–Crippen LogP) is -0.145. The van der Waals surface area contributed by atoms with Gasteiger partial charge in [-0.2, -0.15) is 0 Å². The van der Waals surface area contributed by atoms with Gasteiger partial charge in [-0.1, -0.05) is 0 Å². The summed E-state index contributed by atoms with van der Waals surface area (Å²) in [6.07, 6.45) is 3.62. The minimum absolute atomic E-state index is 0.00203. The minimum atomic E-state index is -3.67. The van der Waals surface area contributed by atoms with Gasteiger partial charge in [-0.15, -0.1) is 0 Å². The van der Waals surface area contributed by atoms with Gasteiger partial charge in [0.2, 0.25) is 5.91 Å². The lowest BCUT2D eigenvalue weighted by Crippen LogP contribution is -2.41. The summed E-state index contributed by atoms with van der Waals surface area (Å²) in [6.45, 7) is 4.30. The van der Waals surface area contributed by atoms with E-state index in [1.165, 1.54) is 6.20 Å². The molecular weight excluding hydrogens is 330 g/mol. The standard InChI is InChI=1S/C15H27N5O3S/c1-12-18-14(11-19(12)3)24(22,23)17-7-4-15(21)20-8-5-13(6-9-20)10-16-2/h11,13,16-17H,4-10H2,1-3H3. The second-order valence-electron chi connectivity index (χ2n) is 6.27. The van der Waals surface area contributed by atoms with Crippen molar-refractivity contribution in [2.45, 2.75) is 31.2 Å². The van der Waals surface area contributed by atoms with E-state index in [1.807, 2.05) is 11.9 Å². The third-order valence-corrected chi connectivity index (χ3v) is 5.78. The van der Waals surface area contributed by atoms with Gasteiger partial charge in [0.25, 0.3) is 10.0 Å². The van der Waals surface area contributed by atoms with Crippen LogP contribution in [0.25, 0.3) is 0 Å². The fraction of sp³-hybridized carbons (Fsp3) is 0.733. The molecule has 0 saturated carbocycles. The highest BCUT2D eigenvalue weighted by molar-refractivity contribution is 7.89. The monoisotopic (exact) mass is 357 g/mol. The zero-order chi connectivity index (χ0) is 17.7. The van der Waals surface area contributed by atoms with Crippen LogP contribution < -0.4 is 10.0 Å². The number of rotatable bonds is 7. The van der Waals surface area contributed by atoms with E-state index < -0.39 is 10.0 Å². The molecule has 1 aliphatic rings. The number of carbonyl (C=O) groups is 1. The summed E-state index contributed by atoms with van der Waals surface area (Å²) in [6, 6.07) is 0. The molecule has 24 heavy (non-hydrogen) atoms. The van der Waals surface area contributed by atoms with Crippen molar-refractivity contribution in [3.05, 3.63) is 12.0 Å². The van der Waals surface area contributed by atoms with Crippen molar-refractivity contribution in [3.63, 3.8) is 0 Å². The van der Waals surface area contributed by atoms with E-state index in [0.717, 1.165) is 32.5 Å². The smallest absolute Gasteiger partial charge is 0.259 e. The van der Waals surface area contributed by atoms with Gasteiger partial charge in [0, 0.05) is 39.3 Å². The number of hydrogen-bond donors (Lipinski definition) is 2. The summed E-state index contributed by atoms with van der Waals surface area (Å²) < 4.78 is 28.4. The van der Waals surface area contributed by atoms with Gasteiger partial charge in [0.05, 0.1) is 0 Å². The van der Waals surface area contributed by atoms with Gasteiger partial charge in [0.15, 0.2) is 5.03 Å². The molecule has 2 rings (SSSR count). The number of sulfonamides is 1. The van der Waals surface area contributed by atoms with Crippen molar-refractivity contribution in [2.75, 3.05) is 33.2 Å². The predicted molar refractivity (Wildman–Crippen MR) is 91.0 cm³/mol. The van der Waals surface area contributed by atoms with Crippen LogP contribution in [0.1, 0.15) is 25.1 Å². The maximum Gasteiger partial charge on any atom is 0.259 e. The normalized spacial score (nSPS) is 16.5. The fourth-order valence-corrected chi connectivity index (χ4v) is 3.92. The molecule has 2 N–H and O–H groups in total. The van der Waals surface area contributed by atoms with Crippen molar-refractivity contribution in [1.82, 2.24) is 24.5 Å². The molecular formula is C15H27N5O3S. The maximum atomic E-state index is 12.2. The number of aromatic nitrogens is 2. The van der Waals surface area contributed by atoms with Gasteiger partial charge in [-0.3, -0.25) is 4.79 Å². The molecule has 9 heteroatoms. The molecule has 0 spiro atoms. The molecule has 1 aliphatic heterocycles. The number of amides is 1. The molecule has 1 fully saturated rings. The van der Waals surface area contributed by atoms with E-state index in [-0.39, 0.29) is 23.9 Å². The average molecular weight is 357 g/mol. The highest BCUT2D eigenvalue weighted by atomic mass is 32.2. The first-order valence-corrected chi connectivity index (χ1v) is 9.74. The van der Waals surface area contributed by atoms with E-state index >= 15 is 0 Å². The van der Waals surface area contributed by atoms with Crippen molar-refractivity contribution >= 4 is 15.9 Å². The van der Waals surface area contributed by atoms with Crippen LogP contribution in [-0.2, 0) is 21.9 Å². The van der Waals surface area contributed by atoms with Crippen LogP contribution >= 0.6 is 0 Å². The summed E-state index contributed by atoms with van der Waals surface area (Å²) in [5, 5.41) is 3.15. The first kappa shape index (κ1) is 18.9. The van der Waals surface area contributed by atoms with E-state index in [0.29, 0.717) is 11.7 Å². The Bertz CT molecular complexity index is 643. The summed E-state index contributed by atoms with van der Waals surface area (Å²) in [7, 11) is 0.0105. The molecule has 1 aromatic rings. The Kier molecular flexibility index (Phi) is 6.36. The number of piperidine rings is 1. The first-order chi connectivity index (χ1) is 11.3. The molecule has 0 unspecified atom stereocenters. The van der Waals surface area contributed by atoms with E-state index in [4.69, 9.17) is 0 Å². The Balaban J connectivity index is 1.78. The van der Waals surface area contributed by atoms with Gasteiger partial charge in [0.1, 0.15) is 5.82 Å². The Morgan fingerprint density at radius 3 is 2.58 bits per heavy atom. The second-order valence-corrected chi connectivity index (χ2v) is 7.98. The first-order valence-electron chi connectivity index (χ1n) is 8.25. The Labute approximate surface area is 143 Å². The van der Waals surface area contributed by atoms with Crippen molar-refractivity contribution < 1.29 is 13.2 Å². The lowest BCUT2D eigenvalue weighted by atomic mass is 9.96. The fourth-order valence-electron chi connectivity index (χ4n) is 2.86. The van der Waals surface area contributed by atoms with E-state index in [1.54, 1.807) is 18.5 Å². The number of carbonyl (C=O) groups excluding carboxylic acids is 1. The van der Waals surface area contributed by atoms with Crippen LogP contribution in [-0.4, -0.2) is 62.0 Å². The van der Waals surface area contributed by atoms with Crippen LogP contribution in [0.15, 0.2) is 11.2 Å². The SMILES string of the molecule is CNCC1CCN(C(=O)CCNS(=O)(=O)c2cn(C)c(C)n2)CC1. The summed E-state index contributed by atoms with van der Waals surface area (Å²) in [4.78, 5) is 18.0. The molecule has 1 amide bonds. The molecule has 0 aromatic carbocycles. The third-order valence-electron chi connectivity index (χ3n) is 4.45. The Morgan fingerprint density at radius 2 is 2.04 bits per heavy atom. The van der Waals surface area contributed by atoms with Crippen molar-refractivity contribution in [3.8, 4) is 0 Å². The maximum absolute atomic E-state index is 12.2. The molecule has 8 nitrogen and oxygen atoms in total. The van der Waals surface area contributed by atoms with Crippen LogP contribution in [0.5, 0.6) is 0 Å². The van der Waals surface area contributed by atoms with Gasteiger partial charge >= 0.3 is 0 Å². The number of likely N-dealkylation sites (tertiary alicyclic amines) is 1. The van der Waals surface area contributed by atoms with E-state index in [2.05, 4.69) is 15.0 Å². The zero-order valence-electron chi connectivity index (χ0n) is 14.6. The second kappa shape index (κ2) is 8.09. The quantitative estimate of drug-likeness (QED) is 0.708.